The Morgan fingerprint density at radius 3 is 1.08 bits per heavy atom. The first kappa shape index (κ1) is 80.8. The number of ether oxygens (including phenoxy) is 7. The van der Waals surface area contributed by atoms with Gasteiger partial charge < -0.3 is 69.3 Å². The molecule has 6 aromatic rings. The van der Waals surface area contributed by atoms with E-state index in [1.54, 1.807) is 18.7 Å². The summed E-state index contributed by atoms with van der Waals surface area (Å²) in [5, 5.41) is 23.9. The van der Waals surface area contributed by atoms with Gasteiger partial charge in [0, 0.05) is 131 Å². The van der Waals surface area contributed by atoms with Gasteiger partial charge in [-0.05, 0) is 139 Å². The molecule has 0 fully saturated rings. The Morgan fingerprint density at radius 1 is 0.480 bits per heavy atom. The Kier molecular flexibility index (Phi) is 30.1. The van der Waals surface area contributed by atoms with Crippen LogP contribution in [0.3, 0.4) is 0 Å². The highest BCUT2D eigenvalue weighted by atomic mass is 35.5. The lowest BCUT2D eigenvalue weighted by Gasteiger charge is -2.45. The maximum atomic E-state index is 14.3. The van der Waals surface area contributed by atoms with Crippen molar-refractivity contribution >= 4 is 93.8 Å². The van der Waals surface area contributed by atoms with Gasteiger partial charge in [0.15, 0.2) is 0 Å². The van der Waals surface area contributed by atoms with Gasteiger partial charge in [-0.2, -0.15) is 9.59 Å². The second-order valence-corrected chi connectivity index (χ2v) is 24.5. The minimum absolute atomic E-state index is 0.0784. The molecule has 0 unspecified atom stereocenters. The van der Waals surface area contributed by atoms with Crippen LogP contribution in [0.15, 0.2) is 121 Å². The number of anilines is 4. The number of aryl methyl sites for hydroxylation is 4. The van der Waals surface area contributed by atoms with Crippen LogP contribution in [0, 0.1) is 27.7 Å². The molecule has 6 aromatic carbocycles. The summed E-state index contributed by atoms with van der Waals surface area (Å²) in [5.74, 6) is -0.153. The summed E-state index contributed by atoms with van der Waals surface area (Å²) in [5.41, 5.74) is 13.1. The second-order valence-electron chi connectivity index (χ2n) is 23.7. The van der Waals surface area contributed by atoms with Gasteiger partial charge in [-0.15, -0.1) is 23.2 Å². The van der Waals surface area contributed by atoms with Gasteiger partial charge >= 0.3 is 36.0 Å². The fraction of sp³-hybridized carbons (Fsp3) is 0.377. The zero-order valence-electron chi connectivity index (χ0n) is 59.6. The Hall–Kier alpha value is -10.2. The minimum atomic E-state index is -1.06. The molecule has 0 atom stereocenters. The Balaban J connectivity index is 0.000000265. The van der Waals surface area contributed by atoms with E-state index >= 15 is 0 Å². The molecule has 10 rings (SSSR count). The Labute approximate surface area is 605 Å². The number of nitrogens with zero attached hydrogens (tertiary/aromatic N) is 2. The number of aliphatic hydroxyl groups is 1. The number of hydrogen-bond acceptors (Lipinski definition) is 21. The van der Waals surface area contributed by atoms with E-state index in [0.29, 0.717) is 46.1 Å². The monoisotopic (exact) mass is 1440 g/mol. The van der Waals surface area contributed by atoms with Crippen molar-refractivity contribution in [2.24, 2.45) is 0 Å². The van der Waals surface area contributed by atoms with Gasteiger partial charge in [-0.1, -0.05) is 56.5 Å². The molecule has 0 saturated heterocycles. The number of carbonyl (C=O) groups is 7. The van der Waals surface area contributed by atoms with Crippen molar-refractivity contribution in [2.45, 2.75) is 107 Å². The van der Waals surface area contributed by atoms with Crippen LogP contribution in [-0.4, -0.2) is 147 Å². The van der Waals surface area contributed by atoms with Crippen LogP contribution in [0.1, 0.15) is 144 Å². The van der Waals surface area contributed by atoms with Crippen LogP contribution in [-0.2, 0) is 68.3 Å². The molecule has 0 saturated carbocycles. The van der Waals surface area contributed by atoms with Gasteiger partial charge in [0.1, 0.15) is 67.1 Å². The van der Waals surface area contributed by atoms with E-state index in [-0.39, 0.29) is 100 Å². The summed E-state index contributed by atoms with van der Waals surface area (Å²) in [6.45, 7) is 31.1. The average molecular weight is 1440 g/mol. The fourth-order valence-corrected chi connectivity index (χ4v) is 12.5. The third-order valence-electron chi connectivity index (χ3n) is 16.7. The zero-order valence-corrected chi connectivity index (χ0v) is 61.1. The van der Waals surface area contributed by atoms with Crippen molar-refractivity contribution in [3.8, 4) is 23.0 Å². The lowest BCUT2D eigenvalue weighted by Crippen LogP contribution is -2.48. The molecule has 23 nitrogen and oxygen atoms in total. The largest absolute Gasteiger partial charge is 0.464 e. The predicted octanol–water partition coefficient (Wildman–Crippen LogP) is 12.9. The van der Waals surface area contributed by atoms with Gasteiger partial charge in [0.05, 0.1) is 31.3 Å². The average Bonchev–Trinajstić information content (AvgIpc) is 1.47. The van der Waals surface area contributed by atoms with Gasteiger partial charge in [0.25, 0.3) is 11.8 Å². The van der Waals surface area contributed by atoms with Crippen molar-refractivity contribution < 1.29 is 81.4 Å². The number of nitrogens with one attached hydrogen (secondary N) is 4. The number of carbonyl (C=O) groups excluding carboxylic acids is 9. The summed E-state index contributed by atoms with van der Waals surface area (Å²) >= 11 is 9.53. The summed E-state index contributed by atoms with van der Waals surface area (Å²) in [7, 11) is 0. The smallest absolute Gasteiger partial charge is 0.373 e. The maximum absolute atomic E-state index is 14.3. The number of hydrogen-bond donors (Lipinski definition) is 5. The van der Waals surface area contributed by atoms with Crippen LogP contribution in [0.2, 0.25) is 0 Å². The van der Waals surface area contributed by atoms with Crippen molar-refractivity contribution in [1.29, 1.82) is 0 Å². The van der Waals surface area contributed by atoms with Crippen LogP contribution < -0.4 is 30.7 Å². The fourth-order valence-electron chi connectivity index (χ4n) is 12.5. The van der Waals surface area contributed by atoms with E-state index in [2.05, 4.69) is 95.9 Å². The maximum Gasteiger partial charge on any atom is 0.373 e. The first-order valence-corrected chi connectivity index (χ1v) is 34.6. The van der Waals surface area contributed by atoms with Gasteiger partial charge in [0.2, 0.25) is 0 Å². The molecule has 4 aliphatic heterocycles. The van der Waals surface area contributed by atoms with E-state index in [1.807, 2.05) is 105 Å². The molecular weight excluding hydrogens is 1350 g/mol. The molecule has 25 heteroatoms. The number of benzene rings is 6. The Morgan fingerprint density at radius 2 is 0.775 bits per heavy atom. The molecular formula is C77H90Cl2N6O17. The van der Waals surface area contributed by atoms with Gasteiger partial charge in [-0.25, -0.2) is 9.59 Å². The molecule has 0 aromatic heterocycles. The number of alkyl halides is 2. The predicted molar refractivity (Wildman–Crippen MR) is 389 cm³/mol. The van der Waals surface area contributed by atoms with Crippen LogP contribution in [0.5, 0.6) is 23.0 Å². The molecule has 0 aliphatic carbocycles. The van der Waals surface area contributed by atoms with E-state index in [9.17, 15) is 38.7 Å². The summed E-state index contributed by atoms with van der Waals surface area (Å²) in [4.78, 5) is 106. The lowest BCUT2D eigenvalue weighted by atomic mass is 9.73. The first-order chi connectivity index (χ1) is 48.9. The molecule has 5 N–H and O–H groups in total. The minimum Gasteiger partial charge on any atom is -0.464 e. The second kappa shape index (κ2) is 38.0. The third kappa shape index (κ3) is 18.1. The normalized spacial score (nSPS) is 12.9. The highest BCUT2D eigenvalue weighted by molar-refractivity contribution is 6.40. The van der Waals surface area contributed by atoms with Crippen molar-refractivity contribution in [2.75, 3.05) is 106 Å². The van der Waals surface area contributed by atoms with E-state index < -0.39 is 35.0 Å². The quantitative estimate of drug-likeness (QED) is 0.0117. The van der Waals surface area contributed by atoms with E-state index in [4.69, 9.17) is 56.5 Å². The summed E-state index contributed by atoms with van der Waals surface area (Å²) < 4.78 is 38.0. The molecule has 2 amide bonds. The highest BCUT2D eigenvalue weighted by Crippen LogP contribution is 2.61. The third-order valence-corrected chi connectivity index (χ3v) is 16.7. The molecule has 0 bridgehead atoms. The summed E-state index contributed by atoms with van der Waals surface area (Å²) in [6, 6.07) is 31.8. The van der Waals surface area contributed by atoms with Crippen LogP contribution in [0.25, 0.3) is 0 Å². The topological polar surface area (TPSA) is 293 Å². The molecule has 4 aliphatic rings. The standard InChI is InChI=1S/C38H43N3O8.C28H31N3O3.C9H14O4.CH2Cl2.CO2/c1-7-39-30-21-32-28(19-24(30)5)38(29-20-25(6)31(40-8-2)22-33(29)49-32)27-12-10-9-11-26(27)36(44)41(38)15-16-46-34(42)13-14-35(43)47-17-18-48-37(45)23(3)4;1-5-29-23-15-25-21(13-17(23)3)28(22-14-18(4)24(30-6-2)16-26(22)34-25)20-10-8-7-9-19(20)27(33)31(28)11-12-32;1-4-8(10)12-5-6-13-9(11)7(2)3;2*2-1-3/h9-12,19-22,39-40H,3,7-8,13-18H2,1-2,4-6H3;7-10,13-16,29-30,32H,5-6,11-12H2,1-4H3;2,4-6H2,1,3H3;1H2;. The zero-order chi connectivity index (χ0) is 75.0. The van der Waals surface area contributed by atoms with E-state index in [0.717, 1.165) is 105 Å². The van der Waals surface area contributed by atoms with Crippen LogP contribution >= 0.6 is 23.2 Å². The van der Waals surface area contributed by atoms with E-state index in [1.165, 1.54) is 6.92 Å². The number of amides is 2. The molecule has 544 valence electrons. The molecule has 2 spiro atoms. The van der Waals surface area contributed by atoms with Crippen molar-refractivity contribution in [3.05, 3.63) is 188 Å². The molecule has 0 radical (unpaired) electrons. The lowest BCUT2D eigenvalue weighted by molar-refractivity contribution is -0.192. The SMILES string of the molecule is C=C(C)C(=O)OCCOC(=O)CC.C=C(C)C(=O)OCCOC(=O)CCC(=O)OCCN1C(=O)c2ccccc2C12c1cc(C)c(NCC)cc1Oc1cc(NCC)c(C)cc12.CCNc1cc2c(cc1C)C1(c3cc(C)c(NCC)cc3O2)c2ccccc2C(=O)N1CCO.ClCCl.O=C=O. The number of halogens is 2. The van der Waals surface area contributed by atoms with Crippen molar-refractivity contribution in [1.82, 2.24) is 9.80 Å². The van der Waals surface area contributed by atoms with Crippen molar-refractivity contribution in [3.63, 3.8) is 0 Å². The van der Waals surface area contributed by atoms with Crippen LogP contribution in [0.4, 0.5) is 22.7 Å². The highest BCUT2D eigenvalue weighted by Gasteiger charge is 2.58. The van der Waals surface area contributed by atoms with Gasteiger partial charge in [-0.3, -0.25) is 24.0 Å². The Bertz CT molecular complexity index is 3990. The first-order valence-electron chi connectivity index (χ1n) is 33.5. The number of aliphatic hydroxyl groups excluding tert-OH is 1. The number of esters is 5. The molecule has 102 heavy (non-hydrogen) atoms. The number of rotatable bonds is 25. The number of β-amino-alcohol motifs (C(OH)–C–C–N with tert-alkyl or cyclic N) is 1. The number of fused-ring (bicyclic) bond motifs is 12. The summed E-state index contributed by atoms with van der Waals surface area (Å²) in [6.07, 6.45) is 0.167. The molecule has 4 heterocycles.